The number of rotatable bonds is 5. The third-order valence-corrected chi connectivity index (χ3v) is 4.87. The highest BCUT2D eigenvalue weighted by molar-refractivity contribution is 6.32. The average molecular weight is 393 g/mol. The number of piperidine rings is 1. The third-order valence-electron chi connectivity index (χ3n) is 4.58. The van der Waals surface area contributed by atoms with Gasteiger partial charge in [0.1, 0.15) is 17.8 Å². The molecule has 3 rings (SSSR count). The van der Waals surface area contributed by atoms with E-state index in [-0.39, 0.29) is 17.7 Å². The molecule has 1 aliphatic rings. The maximum absolute atomic E-state index is 12.8. The van der Waals surface area contributed by atoms with Gasteiger partial charge >= 0.3 is 0 Å². The summed E-state index contributed by atoms with van der Waals surface area (Å²) in [5.74, 6) is 0.250. The van der Waals surface area contributed by atoms with Crippen LogP contribution in [0, 0.1) is 5.92 Å². The molecule has 0 radical (unpaired) electrons. The van der Waals surface area contributed by atoms with Crippen LogP contribution in [0.4, 0.5) is 5.69 Å². The van der Waals surface area contributed by atoms with Gasteiger partial charge in [0.05, 0.1) is 42.7 Å². The number of benzene rings is 1. The first-order valence-corrected chi connectivity index (χ1v) is 8.95. The van der Waals surface area contributed by atoms with Crippen molar-refractivity contribution in [3.63, 3.8) is 0 Å². The Bertz CT molecular complexity index is 822. The zero-order valence-electron chi connectivity index (χ0n) is 15.2. The molecule has 1 aromatic carbocycles. The van der Waals surface area contributed by atoms with Crippen LogP contribution in [0.25, 0.3) is 0 Å². The van der Waals surface area contributed by atoms with Crippen LogP contribution in [-0.4, -0.2) is 44.0 Å². The van der Waals surface area contributed by atoms with Crippen molar-refractivity contribution >= 4 is 29.1 Å². The lowest BCUT2D eigenvalue weighted by molar-refractivity contribution is -0.121. The molecule has 1 aromatic heterocycles. The molecule has 0 spiro atoms. The minimum absolute atomic E-state index is 0.132. The van der Waals surface area contributed by atoms with Crippen molar-refractivity contribution in [3.05, 3.63) is 41.3 Å². The van der Waals surface area contributed by atoms with Gasteiger partial charge in [0.25, 0.3) is 5.91 Å². The summed E-state index contributed by atoms with van der Waals surface area (Å²) in [6.45, 7) is 0.967. The largest absolute Gasteiger partial charge is 0.495 e. The molecule has 1 atom stereocenters. The van der Waals surface area contributed by atoms with Gasteiger partial charge in [-0.2, -0.15) is 0 Å². The lowest BCUT2D eigenvalue weighted by Gasteiger charge is -2.32. The number of halogens is 1. The number of furan rings is 1. The fourth-order valence-electron chi connectivity index (χ4n) is 3.14. The number of hydrogen-bond acceptors (Lipinski definition) is 5. The molecule has 2 aromatic rings. The Morgan fingerprint density at radius 2 is 2.04 bits per heavy atom. The quantitative estimate of drug-likeness (QED) is 0.842. The number of carbonyl (C=O) groups excluding carboxylic acids is 2. The molecule has 1 unspecified atom stereocenters. The van der Waals surface area contributed by atoms with Gasteiger partial charge in [-0.25, -0.2) is 0 Å². The number of hydrogen-bond donors (Lipinski definition) is 1. The molecule has 1 aliphatic heterocycles. The van der Waals surface area contributed by atoms with Crippen molar-refractivity contribution < 1.29 is 23.5 Å². The summed E-state index contributed by atoms with van der Waals surface area (Å²) in [5, 5.41) is 3.26. The van der Waals surface area contributed by atoms with Crippen molar-refractivity contribution in [2.24, 2.45) is 5.92 Å². The summed E-state index contributed by atoms with van der Waals surface area (Å²) < 4.78 is 15.5. The summed E-state index contributed by atoms with van der Waals surface area (Å²) in [6, 6.07) is 4.83. The molecule has 1 N–H and O–H groups in total. The van der Waals surface area contributed by atoms with Crippen LogP contribution in [-0.2, 0) is 4.79 Å². The standard InChI is InChI=1S/C19H21ClN2O5/c1-25-16-9-15(17(26-2)8-14(16)20)21-18(23)12-4-3-6-22(10-12)19(24)13-5-7-27-11-13/h5,7-9,11-12H,3-4,6,10H2,1-2H3,(H,21,23). The SMILES string of the molecule is COc1cc(NC(=O)C2CCCN(C(=O)c3ccoc3)C2)c(OC)cc1Cl. The number of amides is 2. The van der Waals surface area contributed by atoms with E-state index in [0.29, 0.717) is 47.3 Å². The third kappa shape index (κ3) is 4.19. The Kier molecular flexibility index (Phi) is 5.91. The number of carbonyl (C=O) groups is 2. The molecule has 0 aliphatic carbocycles. The molecular weight excluding hydrogens is 372 g/mol. The molecule has 27 heavy (non-hydrogen) atoms. The fraction of sp³-hybridized carbons (Fsp3) is 0.368. The zero-order chi connectivity index (χ0) is 19.4. The number of anilines is 1. The van der Waals surface area contributed by atoms with Crippen LogP contribution < -0.4 is 14.8 Å². The Hall–Kier alpha value is -2.67. The second-order valence-electron chi connectivity index (χ2n) is 6.28. The lowest BCUT2D eigenvalue weighted by atomic mass is 9.96. The summed E-state index contributed by atoms with van der Waals surface area (Å²) >= 11 is 6.10. The van der Waals surface area contributed by atoms with Crippen LogP contribution in [0.2, 0.25) is 5.02 Å². The normalized spacial score (nSPS) is 16.7. The summed E-state index contributed by atoms with van der Waals surface area (Å²) in [5.41, 5.74) is 0.960. The van der Waals surface area contributed by atoms with Crippen molar-refractivity contribution in [2.75, 3.05) is 32.6 Å². The van der Waals surface area contributed by atoms with Gasteiger partial charge in [-0.15, -0.1) is 0 Å². The molecule has 8 heteroatoms. The first kappa shape index (κ1) is 19.1. The molecular formula is C19H21ClN2O5. The predicted molar refractivity (Wildman–Crippen MR) is 101 cm³/mol. The van der Waals surface area contributed by atoms with Crippen LogP contribution in [0.15, 0.2) is 35.1 Å². The van der Waals surface area contributed by atoms with E-state index in [1.54, 1.807) is 23.1 Å². The fourth-order valence-corrected chi connectivity index (χ4v) is 3.37. The number of ether oxygens (including phenoxy) is 2. The second-order valence-corrected chi connectivity index (χ2v) is 6.69. The maximum atomic E-state index is 12.8. The zero-order valence-corrected chi connectivity index (χ0v) is 15.9. The Morgan fingerprint density at radius 3 is 2.70 bits per heavy atom. The van der Waals surface area contributed by atoms with Crippen LogP contribution in [0.1, 0.15) is 23.2 Å². The van der Waals surface area contributed by atoms with Gasteiger partial charge in [0.15, 0.2) is 0 Å². The van der Waals surface area contributed by atoms with Crippen LogP contribution in [0.5, 0.6) is 11.5 Å². The number of likely N-dealkylation sites (tertiary alicyclic amines) is 1. The molecule has 1 saturated heterocycles. The van der Waals surface area contributed by atoms with Gasteiger partial charge in [-0.1, -0.05) is 11.6 Å². The van der Waals surface area contributed by atoms with E-state index in [4.69, 9.17) is 25.5 Å². The Balaban J connectivity index is 1.71. The predicted octanol–water partition coefficient (Wildman–Crippen LogP) is 3.44. The molecule has 0 bridgehead atoms. The Morgan fingerprint density at radius 1 is 1.26 bits per heavy atom. The van der Waals surface area contributed by atoms with Crippen molar-refractivity contribution in [2.45, 2.75) is 12.8 Å². The van der Waals surface area contributed by atoms with E-state index in [2.05, 4.69) is 5.32 Å². The number of nitrogens with one attached hydrogen (secondary N) is 1. The summed E-state index contributed by atoms with van der Waals surface area (Å²) in [6.07, 6.45) is 4.33. The van der Waals surface area contributed by atoms with Gasteiger partial charge in [-0.05, 0) is 18.9 Å². The molecule has 2 amide bonds. The van der Waals surface area contributed by atoms with Gasteiger partial charge in [0.2, 0.25) is 5.91 Å². The van der Waals surface area contributed by atoms with E-state index in [1.165, 1.54) is 26.7 Å². The molecule has 1 fully saturated rings. The first-order valence-electron chi connectivity index (χ1n) is 8.57. The van der Waals surface area contributed by atoms with E-state index in [1.807, 2.05) is 0 Å². The minimum Gasteiger partial charge on any atom is -0.495 e. The molecule has 0 saturated carbocycles. The van der Waals surface area contributed by atoms with Gasteiger partial charge in [-0.3, -0.25) is 9.59 Å². The Labute approximate surface area is 162 Å². The molecule has 7 nitrogen and oxygen atoms in total. The van der Waals surface area contributed by atoms with E-state index in [0.717, 1.165) is 6.42 Å². The van der Waals surface area contributed by atoms with E-state index in [9.17, 15) is 9.59 Å². The highest BCUT2D eigenvalue weighted by atomic mass is 35.5. The minimum atomic E-state index is -0.319. The highest BCUT2D eigenvalue weighted by Gasteiger charge is 2.30. The topological polar surface area (TPSA) is 81.0 Å². The lowest BCUT2D eigenvalue weighted by Crippen LogP contribution is -2.43. The second kappa shape index (κ2) is 8.35. The highest BCUT2D eigenvalue weighted by Crippen LogP contribution is 2.36. The van der Waals surface area contributed by atoms with Crippen molar-refractivity contribution in [1.29, 1.82) is 0 Å². The molecule has 2 heterocycles. The number of methoxy groups -OCH3 is 2. The average Bonchev–Trinajstić information content (AvgIpc) is 3.23. The summed E-state index contributed by atoms with van der Waals surface area (Å²) in [7, 11) is 3.00. The number of nitrogens with zero attached hydrogens (tertiary/aromatic N) is 1. The van der Waals surface area contributed by atoms with E-state index < -0.39 is 0 Å². The summed E-state index contributed by atoms with van der Waals surface area (Å²) in [4.78, 5) is 26.9. The maximum Gasteiger partial charge on any atom is 0.257 e. The first-order chi connectivity index (χ1) is 13.0. The van der Waals surface area contributed by atoms with Crippen LogP contribution >= 0.6 is 11.6 Å². The monoisotopic (exact) mass is 392 g/mol. The van der Waals surface area contributed by atoms with Crippen molar-refractivity contribution in [1.82, 2.24) is 4.90 Å². The van der Waals surface area contributed by atoms with Gasteiger partial charge in [0, 0.05) is 25.2 Å². The molecule has 144 valence electrons. The van der Waals surface area contributed by atoms with Crippen molar-refractivity contribution in [3.8, 4) is 11.5 Å². The van der Waals surface area contributed by atoms with Crippen LogP contribution in [0.3, 0.4) is 0 Å². The van der Waals surface area contributed by atoms with Gasteiger partial charge < -0.3 is 24.1 Å². The smallest absolute Gasteiger partial charge is 0.257 e. The van der Waals surface area contributed by atoms with E-state index >= 15 is 0 Å².